The molecule has 0 aliphatic heterocycles. The van der Waals surface area contributed by atoms with Crippen LogP contribution in [0.2, 0.25) is 0 Å². The van der Waals surface area contributed by atoms with Gasteiger partial charge >= 0.3 is 0 Å². The van der Waals surface area contributed by atoms with Gasteiger partial charge in [0, 0.05) is 16.8 Å². The number of rotatable bonds is 3. The molecule has 4 N–H and O–H groups in total. The van der Waals surface area contributed by atoms with Crippen LogP contribution in [0, 0.1) is 5.41 Å². The molecule has 2 amide bonds. The summed E-state index contributed by atoms with van der Waals surface area (Å²) in [6.07, 6.45) is 0. The quantitative estimate of drug-likeness (QED) is 0.793. The molecular formula is C15H23N3O2. The van der Waals surface area contributed by atoms with Crippen molar-refractivity contribution in [3.63, 3.8) is 0 Å². The molecule has 0 atom stereocenters. The van der Waals surface area contributed by atoms with Crippen molar-refractivity contribution in [3.05, 3.63) is 24.3 Å². The standard InChI is InChI=1S/C15H23N3O2/c1-14(2,3)12(19)17-10-6-8-11(9-7-10)18-13(20)15(4,5)16/h6-9H,16H2,1-5H3,(H,17,19)(H,18,20). The van der Waals surface area contributed by atoms with Crippen LogP contribution in [0.25, 0.3) is 0 Å². The van der Waals surface area contributed by atoms with E-state index in [1.54, 1.807) is 38.1 Å². The number of hydrogen-bond acceptors (Lipinski definition) is 3. The number of nitrogens with two attached hydrogens (primary N) is 1. The average Bonchev–Trinajstić information content (AvgIpc) is 2.29. The van der Waals surface area contributed by atoms with E-state index in [9.17, 15) is 9.59 Å². The monoisotopic (exact) mass is 277 g/mol. The highest BCUT2D eigenvalue weighted by Crippen LogP contribution is 2.19. The summed E-state index contributed by atoms with van der Waals surface area (Å²) in [5.41, 5.74) is 5.65. The zero-order valence-corrected chi connectivity index (χ0v) is 12.7. The van der Waals surface area contributed by atoms with E-state index in [2.05, 4.69) is 10.6 Å². The lowest BCUT2D eigenvalue weighted by molar-refractivity contribution is -0.123. The summed E-state index contributed by atoms with van der Waals surface area (Å²) < 4.78 is 0. The van der Waals surface area contributed by atoms with Gasteiger partial charge in [-0.3, -0.25) is 9.59 Å². The van der Waals surface area contributed by atoms with E-state index in [1.165, 1.54) is 0 Å². The molecule has 0 heterocycles. The summed E-state index contributed by atoms with van der Waals surface area (Å²) in [5, 5.41) is 5.53. The number of nitrogens with one attached hydrogen (secondary N) is 2. The minimum absolute atomic E-state index is 0.0580. The minimum atomic E-state index is -0.931. The molecule has 0 saturated heterocycles. The van der Waals surface area contributed by atoms with Crippen molar-refractivity contribution >= 4 is 23.2 Å². The number of amides is 2. The minimum Gasteiger partial charge on any atom is -0.326 e. The largest absolute Gasteiger partial charge is 0.326 e. The molecule has 0 aliphatic rings. The van der Waals surface area contributed by atoms with Gasteiger partial charge in [0.1, 0.15) is 0 Å². The second kappa shape index (κ2) is 5.63. The van der Waals surface area contributed by atoms with E-state index < -0.39 is 11.0 Å². The van der Waals surface area contributed by atoms with Crippen LogP contribution < -0.4 is 16.4 Å². The third kappa shape index (κ3) is 4.66. The Balaban J connectivity index is 2.71. The van der Waals surface area contributed by atoms with Crippen molar-refractivity contribution in [3.8, 4) is 0 Å². The molecular weight excluding hydrogens is 254 g/mol. The lowest BCUT2D eigenvalue weighted by Crippen LogP contribution is -2.45. The van der Waals surface area contributed by atoms with E-state index >= 15 is 0 Å². The molecule has 5 heteroatoms. The van der Waals surface area contributed by atoms with E-state index in [0.29, 0.717) is 11.4 Å². The van der Waals surface area contributed by atoms with Gasteiger partial charge in [0.25, 0.3) is 0 Å². The predicted octanol–water partition coefficient (Wildman–Crippen LogP) is 2.35. The molecule has 0 spiro atoms. The molecule has 0 unspecified atom stereocenters. The molecule has 1 aromatic carbocycles. The lowest BCUT2D eigenvalue weighted by Gasteiger charge is -2.19. The fraction of sp³-hybridized carbons (Fsp3) is 0.467. The first-order chi connectivity index (χ1) is 9.00. The zero-order chi connectivity index (χ0) is 15.6. The number of anilines is 2. The summed E-state index contributed by atoms with van der Waals surface area (Å²) in [6.45, 7) is 8.82. The summed E-state index contributed by atoms with van der Waals surface area (Å²) in [6, 6.07) is 6.93. The van der Waals surface area contributed by atoms with Crippen molar-refractivity contribution in [2.24, 2.45) is 11.1 Å². The fourth-order valence-electron chi connectivity index (χ4n) is 1.25. The van der Waals surface area contributed by atoms with Crippen LogP contribution in [0.3, 0.4) is 0 Å². The van der Waals surface area contributed by atoms with Crippen LogP contribution in [-0.4, -0.2) is 17.4 Å². The van der Waals surface area contributed by atoms with Crippen LogP contribution >= 0.6 is 0 Å². The summed E-state index contributed by atoms with van der Waals surface area (Å²) in [7, 11) is 0. The first-order valence-corrected chi connectivity index (χ1v) is 6.52. The Hall–Kier alpha value is -1.88. The van der Waals surface area contributed by atoms with Crippen LogP contribution in [-0.2, 0) is 9.59 Å². The molecule has 20 heavy (non-hydrogen) atoms. The maximum absolute atomic E-state index is 11.8. The van der Waals surface area contributed by atoms with Gasteiger partial charge in [-0.15, -0.1) is 0 Å². The third-order valence-electron chi connectivity index (χ3n) is 2.67. The molecule has 1 rings (SSSR count). The molecule has 0 radical (unpaired) electrons. The summed E-state index contributed by atoms with van der Waals surface area (Å²) >= 11 is 0. The summed E-state index contributed by atoms with van der Waals surface area (Å²) in [5.74, 6) is -0.318. The van der Waals surface area contributed by atoms with Crippen molar-refractivity contribution in [1.29, 1.82) is 0 Å². The van der Waals surface area contributed by atoms with Crippen molar-refractivity contribution < 1.29 is 9.59 Å². The SMILES string of the molecule is CC(C)(C)C(=O)Nc1ccc(NC(=O)C(C)(C)N)cc1. The van der Waals surface area contributed by atoms with Gasteiger partial charge in [0.05, 0.1) is 5.54 Å². The highest BCUT2D eigenvalue weighted by molar-refractivity contribution is 5.98. The second-order valence-electron chi connectivity index (χ2n) is 6.46. The van der Waals surface area contributed by atoms with Gasteiger partial charge in [-0.05, 0) is 38.1 Å². The molecule has 5 nitrogen and oxygen atoms in total. The topological polar surface area (TPSA) is 84.2 Å². The Morgan fingerprint density at radius 2 is 1.20 bits per heavy atom. The average molecular weight is 277 g/mol. The molecule has 0 fully saturated rings. The third-order valence-corrected chi connectivity index (χ3v) is 2.67. The Bertz CT molecular complexity index is 446. The zero-order valence-electron chi connectivity index (χ0n) is 12.7. The predicted molar refractivity (Wildman–Crippen MR) is 81.4 cm³/mol. The van der Waals surface area contributed by atoms with Crippen molar-refractivity contribution in [2.45, 2.75) is 40.2 Å². The molecule has 0 saturated carbocycles. The van der Waals surface area contributed by atoms with Crippen LogP contribution in [0.5, 0.6) is 0 Å². The van der Waals surface area contributed by atoms with Gasteiger partial charge in [0.2, 0.25) is 11.8 Å². The van der Waals surface area contributed by atoms with E-state index in [1.807, 2.05) is 20.8 Å². The van der Waals surface area contributed by atoms with Crippen molar-refractivity contribution in [1.82, 2.24) is 0 Å². The second-order valence-corrected chi connectivity index (χ2v) is 6.46. The Kier molecular flexibility index (Phi) is 4.55. The van der Waals surface area contributed by atoms with E-state index in [4.69, 9.17) is 5.73 Å². The van der Waals surface area contributed by atoms with Gasteiger partial charge in [-0.1, -0.05) is 20.8 Å². The van der Waals surface area contributed by atoms with Crippen LogP contribution in [0.1, 0.15) is 34.6 Å². The Morgan fingerprint density at radius 3 is 1.50 bits per heavy atom. The maximum Gasteiger partial charge on any atom is 0.243 e. The number of carbonyl (C=O) groups excluding carboxylic acids is 2. The molecule has 110 valence electrons. The highest BCUT2D eigenvalue weighted by Gasteiger charge is 2.22. The normalized spacial score (nSPS) is 11.9. The maximum atomic E-state index is 11.8. The molecule has 0 bridgehead atoms. The molecule has 1 aromatic rings. The fourth-order valence-corrected chi connectivity index (χ4v) is 1.25. The number of hydrogen-bond donors (Lipinski definition) is 3. The molecule has 0 aliphatic carbocycles. The Morgan fingerprint density at radius 1 is 0.850 bits per heavy atom. The van der Waals surface area contributed by atoms with Gasteiger partial charge in [-0.2, -0.15) is 0 Å². The van der Waals surface area contributed by atoms with Crippen molar-refractivity contribution in [2.75, 3.05) is 10.6 Å². The van der Waals surface area contributed by atoms with E-state index in [-0.39, 0.29) is 11.8 Å². The van der Waals surface area contributed by atoms with Gasteiger partial charge in [0.15, 0.2) is 0 Å². The van der Waals surface area contributed by atoms with E-state index in [0.717, 1.165) is 0 Å². The summed E-state index contributed by atoms with van der Waals surface area (Å²) in [4.78, 5) is 23.6. The van der Waals surface area contributed by atoms with Crippen LogP contribution in [0.15, 0.2) is 24.3 Å². The number of benzene rings is 1. The highest BCUT2D eigenvalue weighted by atomic mass is 16.2. The number of carbonyl (C=O) groups is 2. The van der Waals surface area contributed by atoms with Gasteiger partial charge < -0.3 is 16.4 Å². The first-order valence-electron chi connectivity index (χ1n) is 6.52. The lowest BCUT2D eigenvalue weighted by atomic mass is 9.95. The van der Waals surface area contributed by atoms with Crippen LogP contribution in [0.4, 0.5) is 11.4 Å². The molecule has 0 aromatic heterocycles. The van der Waals surface area contributed by atoms with Gasteiger partial charge in [-0.25, -0.2) is 0 Å². The smallest absolute Gasteiger partial charge is 0.243 e. The first kappa shape index (κ1) is 16.2. The Labute approximate surface area is 119 Å².